The second-order valence-electron chi connectivity index (χ2n) is 5.30. The molecule has 1 heterocycles. The van der Waals surface area contributed by atoms with Crippen molar-refractivity contribution in [3.8, 4) is 0 Å². The summed E-state index contributed by atoms with van der Waals surface area (Å²) in [4.78, 5) is 8.88. The lowest BCUT2D eigenvalue weighted by molar-refractivity contribution is 0.302. The van der Waals surface area contributed by atoms with E-state index < -0.39 is 0 Å². The molecule has 94 valence electrons. The topological polar surface area (TPSA) is 51.8 Å². The molecule has 0 saturated heterocycles. The van der Waals surface area contributed by atoms with Gasteiger partial charge in [-0.3, -0.25) is 0 Å². The van der Waals surface area contributed by atoms with E-state index in [0.717, 1.165) is 17.3 Å². The van der Waals surface area contributed by atoms with Gasteiger partial charge in [0.25, 0.3) is 0 Å². The fourth-order valence-electron chi connectivity index (χ4n) is 2.78. The standard InChI is InChI=1S/C14H23N3/c1-3-4-11-5-7-12(8-6-11)14-16-9-10(2)13(15)17-14/h9,11-12H,3-8H2,1-2H3,(H2,15,16,17). The number of aryl methyl sites for hydroxylation is 1. The van der Waals surface area contributed by atoms with Crippen molar-refractivity contribution in [1.82, 2.24) is 9.97 Å². The van der Waals surface area contributed by atoms with Gasteiger partial charge >= 0.3 is 0 Å². The molecule has 1 aliphatic carbocycles. The Kier molecular flexibility index (Phi) is 3.97. The monoisotopic (exact) mass is 233 g/mol. The predicted octanol–water partition coefficient (Wildman–Crippen LogP) is 3.44. The van der Waals surface area contributed by atoms with E-state index in [1.807, 2.05) is 13.1 Å². The molecule has 1 fully saturated rings. The second kappa shape index (κ2) is 5.48. The van der Waals surface area contributed by atoms with E-state index in [9.17, 15) is 0 Å². The second-order valence-corrected chi connectivity index (χ2v) is 5.30. The fraction of sp³-hybridized carbons (Fsp3) is 0.714. The average Bonchev–Trinajstić information content (AvgIpc) is 2.34. The third kappa shape index (κ3) is 2.96. The largest absolute Gasteiger partial charge is 0.383 e. The molecule has 0 unspecified atom stereocenters. The smallest absolute Gasteiger partial charge is 0.133 e. The van der Waals surface area contributed by atoms with Gasteiger partial charge < -0.3 is 5.73 Å². The van der Waals surface area contributed by atoms with Crippen molar-refractivity contribution in [1.29, 1.82) is 0 Å². The van der Waals surface area contributed by atoms with E-state index in [4.69, 9.17) is 5.73 Å². The van der Waals surface area contributed by atoms with Crippen LogP contribution in [-0.2, 0) is 0 Å². The van der Waals surface area contributed by atoms with Crippen LogP contribution >= 0.6 is 0 Å². The Morgan fingerprint density at radius 2 is 2.00 bits per heavy atom. The van der Waals surface area contributed by atoms with Crippen LogP contribution in [0.3, 0.4) is 0 Å². The molecule has 1 aromatic heterocycles. The Morgan fingerprint density at radius 3 is 2.59 bits per heavy atom. The van der Waals surface area contributed by atoms with Crippen LogP contribution in [0.2, 0.25) is 0 Å². The molecule has 0 bridgehead atoms. The average molecular weight is 233 g/mol. The summed E-state index contributed by atoms with van der Waals surface area (Å²) in [5, 5.41) is 0. The maximum atomic E-state index is 5.85. The van der Waals surface area contributed by atoms with Gasteiger partial charge in [-0.1, -0.05) is 19.8 Å². The molecule has 2 rings (SSSR count). The molecular weight excluding hydrogens is 210 g/mol. The minimum Gasteiger partial charge on any atom is -0.383 e. The van der Waals surface area contributed by atoms with Crippen LogP contribution in [0.4, 0.5) is 5.82 Å². The Morgan fingerprint density at radius 1 is 1.29 bits per heavy atom. The van der Waals surface area contributed by atoms with Crippen LogP contribution in [-0.4, -0.2) is 9.97 Å². The van der Waals surface area contributed by atoms with Crippen LogP contribution < -0.4 is 5.73 Å². The van der Waals surface area contributed by atoms with Crippen LogP contribution in [0.5, 0.6) is 0 Å². The van der Waals surface area contributed by atoms with Gasteiger partial charge in [0, 0.05) is 17.7 Å². The van der Waals surface area contributed by atoms with E-state index in [0.29, 0.717) is 11.7 Å². The minimum atomic E-state index is 0.533. The zero-order chi connectivity index (χ0) is 12.3. The van der Waals surface area contributed by atoms with Crippen LogP contribution in [0.1, 0.15) is 62.8 Å². The Balaban J connectivity index is 1.98. The van der Waals surface area contributed by atoms with Gasteiger partial charge in [0.2, 0.25) is 0 Å². The van der Waals surface area contributed by atoms with E-state index in [1.165, 1.54) is 38.5 Å². The summed E-state index contributed by atoms with van der Waals surface area (Å²) in [5.74, 6) is 3.07. The molecule has 0 radical (unpaired) electrons. The number of aromatic nitrogens is 2. The van der Waals surface area contributed by atoms with Gasteiger partial charge in [-0.05, 0) is 38.5 Å². The summed E-state index contributed by atoms with van der Waals surface area (Å²) in [7, 11) is 0. The van der Waals surface area contributed by atoms with E-state index in [-0.39, 0.29) is 0 Å². The molecule has 1 saturated carbocycles. The van der Waals surface area contributed by atoms with E-state index in [2.05, 4.69) is 16.9 Å². The van der Waals surface area contributed by atoms with Crippen molar-refractivity contribution >= 4 is 5.82 Å². The van der Waals surface area contributed by atoms with Crippen molar-refractivity contribution in [2.75, 3.05) is 5.73 Å². The highest BCUT2D eigenvalue weighted by Gasteiger charge is 2.23. The van der Waals surface area contributed by atoms with Crippen molar-refractivity contribution in [3.63, 3.8) is 0 Å². The SMILES string of the molecule is CCCC1CCC(c2ncc(C)c(N)n2)CC1. The van der Waals surface area contributed by atoms with Gasteiger partial charge in [0.05, 0.1) is 0 Å². The lowest BCUT2D eigenvalue weighted by Crippen LogP contribution is -2.16. The normalized spacial score (nSPS) is 24.8. The molecule has 2 N–H and O–H groups in total. The molecule has 0 amide bonds. The first-order valence-electron chi connectivity index (χ1n) is 6.79. The summed E-state index contributed by atoms with van der Waals surface area (Å²) < 4.78 is 0. The van der Waals surface area contributed by atoms with Gasteiger partial charge in [-0.25, -0.2) is 9.97 Å². The molecule has 0 aliphatic heterocycles. The van der Waals surface area contributed by atoms with E-state index >= 15 is 0 Å². The molecule has 0 atom stereocenters. The lowest BCUT2D eigenvalue weighted by Gasteiger charge is -2.27. The zero-order valence-corrected chi connectivity index (χ0v) is 10.9. The summed E-state index contributed by atoms with van der Waals surface area (Å²) in [6.45, 7) is 4.23. The molecule has 17 heavy (non-hydrogen) atoms. The molecule has 1 aromatic rings. The maximum Gasteiger partial charge on any atom is 0.133 e. The number of rotatable bonds is 3. The first kappa shape index (κ1) is 12.3. The predicted molar refractivity (Wildman–Crippen MR) is 70.8 cm³/mol. The Hall–Kier alpha value is -1.12. The Labute approximate surface area is 104 Å². The maximum absolute atomic E-state index is 5.85. The van der Waals surface area contributed by atoms with Crippen molar-refractivity contribution in [2.24, 2.45) is 5.92 Å². The summed E-state index contributed by atoms with van der Waals surface area (Å²) in [5.41, 5.74) is 6.83. The number of hydrogen-bond donors (Lipinski definition) is 1. The summed E-state index contributed by atoms with van der Waals surface area (Å²) in [6.07, 6.45) is 9.66. The number of nitrogen functional groups attached to an aromatic ring is 1. The third-order valence-electron chi connectivity index (χ3n) is 3.94. The number of nitrogens with zero attached hydrogens (tertiary/aromatic N) is 2. The first-order chi connectivity index (χ1) is 8.20. The quantitative estimate of drug-likeness (QED) is 0.870. The highest BCUT2D eigenvalue weighted by molar-refractivity contribution is 5.36. The highest BCUT2D eigenvalue weighted by Crippen LogP contribution is 2.36. The van der Waals surface area contributed by atoms with Gasteiger partial charge in [-0.2, -0.15) is 0 Å². The number of anilines is 1. The lowest BCUT2D eigenvalue weighted by atomic mass is 9.80. The van der Waals surface area contributed by atoms with Crippen LogP contribution in [0.15, 0.2) is 6.20 Å². The van der Waals surface area contributed by atoms with Crippen molar-refractivity contribution < 1.29 is 0 Å². The summed E-state index contributed by atoms with van der Waals surface area (Å²) >= 11 is 0. The van der Waals surface area contributed by atoms with Gasteiger partial charge in [-0.15, -0.1) is 0 Å². The zero-order valence-electron chi connectivity index (χ0n) is 10.9. The third-order valence-corrected chi connectivity index (χ3v) is 3.94. The summed E-state index contributed by atoms with van der Waals surface area (Å²) in [6, 6.07) is 0. The van der Waals surface area contributed by atoms with Crippen LogP contribution in [0.25, 0.3) is 0 Å². The molecular formula is C14H23N3. The van der Waals surface area contributed by atoms with Gasteiger partial charge in [0.1, 0.15) is 11.6 Å². The highest BCUT2D eigenvalue weighted by atomic mass is 14.9. The molecule has 3 heteroatoms. The number of hydrogen-bond acceptors (Lipinski definition) is 3. The fourth-order valence-corrected chi connectivity index (χ4v) is 2.78. The van der Waals surface area contributed by atoms with Crippen molar-refractivity contribution in [2.45, 2.75) is 58.3 Å². The van der Waals surface area contributed by atoms with Crippen molar-refractivity contribution in [3.05, 3.63) is 17.6 Å². The molecule has 1 aliphatic rings. The van der Waals surface area contributed by atoms with Crippen LogP contribution in [0, 0.1) is 12.8 Å². The molecule has 0 spiro atoms. The molecule has 0 aromatic carbocycles. The minimum absolute atomic E-state index is 0.533. The van der Waals surface area contributed by atoms with E-state index in [1.54, 1.807) is 0 Å². The first-order valence-corrected chi connectivity index (χ1v) is 6.79. The van der Waals surface area contributed by atoms with Gasteiger partial charge in [0.15, 0.2) is 0 Å². The molecule has 3 nitrogen and oxygen atoms in total. The Bertz CT molecular complexity index is 368. The number of nitrogens with two attached hydrogens (primary N) is 1.